The van der Waals surface area contributed by atoms with Crippen LogP contribution in [0.4, 0.5) is 0 Å². The molecule has 0 fully saturated rings. The normalized spacial score (nSPS) is 17.3. The molecule has 1 rings (SSSR count). The fourth-order valence-electron chi connectivity index (χ4n) is 0.707. The summed E-state index contributed by atoms with van der Waals surface area (Å²) in [4.78, 5) is 10.2. The van der Waals surface area contributed by atoms with Crippen LogP contribution < -0.4 is 0 Å². The molecule has 0 aromatic heterocycles. The van der Waals surface area contributed by atoms with Crippen molar-refractivity contribution in [2.75, 3.05) is 0 Å². The first kappa shape index (κ1) is 7.29. The molecule has 0 unspecified atom stereocenters. The van der Waals surface area contributed by atoms with Gasteiger partial charge < -0.3 is 0 Å². The van der Waals surface area contributed by atoms with Crippen LogP contribution in [0, 0.1) is 0 Å². The summed E-state index contributed by atoms with van der Waals surface area (Å²) < 4.78 is 0. The van der Waals surface area contributed by atoms with E-state index in [0.717, 1.165) is 12.7 Å². The van der Waals surface area contributed by atoms with Crippen molar-refractivity contribution in [2.24, 2.45) is 0 Å². The Morgan fingerprint density at radius 2 is 2.20 bits per heavy atom. The predicted molar refractivity (Wildman–Crippen MR) is 41.8 cm³/mol. The highest BCUT2D eigenvalue weighted by Crippen LogP contribution is 2.11. The molecule has 1 nitrogen and oxygen atoms in total. The van der Waals surface area contributed by atoms with Crippen LogP contribution in [0.5, 0.6) is 0 Å². The number of aldehydes is 1. The van der Waals surface area contributed by atoms with E-state index in [-0.39, 0.29) is 0 Å². The topological polar surface area (TPSA) is 17.1 Å². The monoisotopic (exact) mass is 154 g/mol. The summed E-state index contributed by atoms with van der Waals surface area (Å²) in [5.41, 5.74) is 0.687. The largest absolute Gasteiger partial charge is 0.298 e. The van der Waals surface area contributed by atoms with Crippen molar-refractivity contribution in [3.63, 3.8) is 0 Å². The average Bonchev–Trinajstić information content (AvgIpc) is 2.14. The number of carbonyl (C=O) groups excluding carboxylic acids is 1. The molecule has 0 spiro atoms. The van der Waals surface area contributed by atoms with Gasteiger partial charge in [0.05, 0.1) is 0 Å². The van der Waals surface area contributed by atoms with Crippen molar-refractivity contribution in [2.45, 2.75) is 6.42 Å². The van der Waals surface area contributed by atoms with Gasteiger partial charge in [-0.2, -0.15) is 0 Å². The van der Waals surface area contributed by atoms with Crippen molar-refractivity contribution < 1.29 is 4.79 Å². The fraction of sp³-hybridized carbons (Fsp3) is 0.125. The van der Waals surface area contributed by atoms with Gasteiger partial charge in [0, 0.05) is 10.6 Å². The summed E-state index contributed by atoms with van der Waals surface area (Å²) >= 11 is 5.67. The molecule has 0 aliphatic heterocycles. The molecule has 2 heteroatoms. The van der Waals surface area contributed by atoms with Crippen LogP contribution in [-0.2, 0) is 4.79 Å². The maximum Gasteiger partial charge on any atom is 0.149 e. The third kappa shape index (κ3) is 1.85. The second-order valence-corrected chi connectivity index (χ2v) is 2.42. The lowest BCUT2D eigenvalue weighted by atomic mass is 10.2. The summed E-state index contributed by atoms with van der Waals surface area (Å²) in [6, 6.07) is 0. The Hall–Kier alpha value is -0.820. The smallest absolute Gasteiger partial charge is 0.149 e. The lowest BCUT2D eigenvalue weighted by molar-refractivity contribution is -0.104. The average molecular weight is 155 g/mol. The van der Waals surface area contributed by atoms with E-state index in [9.17, 15) is 4.79 Å². The van der Waals surface area contributed by atoms with Crippen LogP contribution >= 0.6 is 11.6 Å². The van der Waals surface area contributed by atoms with E-state index in [1.54, 1.807) is 12.2 Å². The van der Waals surface area contributed by atoms with E-state index >= 15 is 0 Å². The van der Waals surface area contributed by atoms with Gasteiger partial charge in [0.15, 0.2) is 0 Å². The zero-order valence-corrected chi connectivity index (χ0v) is 6.14. The van der Waals surface area contributed by atoms with Crippen molar-refractivity contribution in [1.82, 2.24) is 0 Å². The molecule has 0 N–H and O–H groups in total. The van der Waals surface area contributed by atoms with Gasteiger partial charge in [-0.1, -0.05) is 29.8 Å². The van der Waals surface area contributed by atoms with E-state index in [2.05, 4.69) is 0 Å². The molecule has 0 bridgehead atoms. The SMILES string of the molecule is O=CC1=CCC=C(Cl)C=C1. The van der Waals surface area contributed by atoms with E-state index in [1.165, 1.54) is 0 Å². The fourth-order valence-corrected chi connectivity index (χ4v) is 0.859. The summed E-state index contributed by atoms with van der Waals surface area (Å²) in [6.45, 7) is 0. The summed E-state index contributed by atoms with van der Waals surface area (Å²) in [6.07, 6.45) is 8.67. The second-order valence-electron chi connectivity index (χ2n) is 1.98. The number of hydrogen-bond acceptors (Lipinski definition) is 1. The number of rotatable bonds is 1. The second kappa shape index (κ2) is 3.37. The van der Waals surface area contributed by atoms with Gasteiger partial charge in [-0.05, 0) is 12.5 Å². The first-order valence-electron chi connectivity index (χ1n) is 3.02. The van der Waals surface area contributed by atoms with Gasteiger partial charge in [-0.25, -0.2) is 0 Å². The van der Waals surface area contributed by atoms with Gasteiger partial charge >= 0.3 is 0 Å². The van der Waals surface area contributed by atoms with E-state index in [4.69, 9.17) is 11.6 Å². The van der Waals surface area contributed by atoms with Crippen LogP contribution in [0.15, 0.2) is 34.9 Å². The molecule has 10 heavy (non-hydrogen) atoms. The number of allylic oxidation sites excluding steroid dienone is 6. The first-order valence-corrected chi connectivity index (χ1v) is 3.40. The summed E-state index contributed by atoms with van der Waals surface area (Å²) in [7, 11) is 0. The minimum atomic E-state index is 0.687. The maximum absolute atomic E-state index is 10.2. The Bertz CT molecular complexity index is 223. The molecule has 52 valence electrons. The lowest BCUT2D eigenvalue weighted by Crippen LogP contribution is -1.75. The number of hydrogen-bond donors (Lipinski definition) is 0. The van der Waals surface area contributed by atoms with Gasteiger partial charge in [0.2, 0.25) is 0 Å². The molecule has 1 aliphatic rings. The summed E-state index contributed by atoms with van der Waals surface area (Å²) in [5, 5.41) is 0.688. The molecular formula is C8H7ClO. The van der Waals surface area contributed by atoms with Crippen molar-refractivity contribution in [3.05, 3.63) is 34.9 Å². The minimum Gasteiger partial charge on any atom is -0.298 e. The van der Waals surface area contributed by atoms with Gasteiger partial charge in [0.25, 0.3) is 0 Å². The quantitative estimate of drug-likeness (QED) is 0.530. The van der Waals surface area contributed by atoms with E-state index in [1.807, 2.05) is 12.2 Å². The third-order valence-electron chi connectivity index (χ3n) is 1.24. The van der Waals surface area contributed by atoms with Gasteiger partial charge in [0.1, 0.15) is 6.29 Å². The van der Waals surface area contributed by atoms with Gasteiger partial charge in [-0.3, -0.25) is 4.79 Å². The molecule has 1 aliphatic carbocycles. The zero-order valence-electron chi connectivity index (χ0n) is 5.38. The first-order chi connectivity index (χ1) is 4.83. The molecule has 0 aromatic rings. The van der Waals surface area contributed by atoms with Crippen molar-refractivity contribution in [1.29, 1.82) is 0 Å². The van der Waals surface area contributed by atoms with Crippen molar-refractivity contribution in [3.8, 4) is 0 Å². The Balaban J connectivity index is 2.78. The molecule has 0 saturated carbocycles. The Labute approximate surface area is 64.7 Å². The highest BCUT2D eigenvalue weighted by Gasteiger charge is 1.93. The Kier molecular flexibility index (Phi) is 2.46. The molecule has 0 heterocycles. The zero-order chi connectivity index (χ0) is 7.40. The molecule has 0 radical (unpaired) electrons. The highest BCUT2D eigenvalue weighted by molar-refractivity contribution is 6.31. The van der Waals surface area contributed by atoms with Crippen molar-refractivity contribution >= 4 is 17.9 Å². The lowest BCUT2D eigenvalue weighted by Gasteiger charge is -1.82. The van der Waals surface area contributed by atoms with Crippen LogP contribution in [0.1, 0.15) is 6.42 Å². The minimum absolute atomic E-state index is 0.687. The predicted octanol–water partition coefficient (Wildman–Crippen LogP) is 2.19. The molecule has 0 saturated heterocycles. The Morgan fingerprint density at radius 1 is 1.40 bits per heavy atom. The van der Waals surface area contributed by atoms with Crippen LogP contribution in [0.2, 0.25) is 0 Å². The standard InChI is InChI=1S/C8H7ClO/c9-8-3-1-2-7(6-10)4-5-8/h2-6H,1H2. The maximum atomic E-state index is 10.2. The highest BCUT2D eigenvalue weighted by atomic mass is 35.5. The number of halogens is 1. The number of carbonyl (C=O) groups is 1. The molecule has 0 amide bonds. The molecular weight excluding hydrogens is 148 g/mol. The van der Waals surface area contributed by atoms with Crippen LogP contribution in [-0.4, -0.2) is 6.29 Å². The van der Waals surface area contributed by atoms with E-state index in [0.29, 0.717) is 10.6 Å². The van der Waals surface area contributed by atoms with Crippen LogP contribution in [0.25, 0.3) is 0 Å². The summed E-state index contributed by atoms with van der Waals surface area (Å²) in [5.74, 6) is 0. The van der Waals surface area contributed by atoms with Crippen LogP contribution in [0.3, 0.4) is 0 Å². The molecule has 0 atom stereocenters. The Morgan fingerprint density at radius 3 is 2.90 bits per heavy atom. The third-order valence-corrected chi connectivity index (χ3v) is 1.52. The van der Waals surface area contributed by atoms with Gasteiger partial charge in [-0.15, -0.1) is 0 Å². The van der Waals surface area contributed by atoms with E-state index < -0.39 is 0 Å². The molecule has 0 aromatic carbocycles.